The molecule has 1 fully saturated rings. The average molecular weight is 482 g/mol. The molecule has 0 atom stereocenters. The topological polar surface area (TPSA) is 53.1 Å². The second-order valence-electron chi connectivity index (χ2n) is 9.34. The number of benzene rings is 3. The van der Waals surface area contributed by atoms with Crippen molar-refractivity contribution in [2.24, 2.45) is 0 Å². The van der Waals surface area contributed by atoms with Gasteiger partial charge in [0.15, 0.2) is 6.61 Å². The van der Waals surface area contributed by atoms with E-state index in [2.05, 4.69) is 29.2 Å². The van der Waals surface area contributed by atoms with Crippen LogP contribution in [0.5, 0.6) is 5.75 Å². The smallest absolute Gasteiger partial charge is 0.265 e. The first-order chi connectivity index (χ1) is 17.6. The Labute approximate surface area is 212 Å². The first-order valence-corrected chi connectivity index (χ1v) is 12.4. The maximum Gasteiger partial charge on any atom is 0.265 e. The molecule has 6 nitrogen and oxygen atoms in total. The molecule has 184 valence electrons. The fourth-order valence-corrected chi connectivity index (χ4v) is 4.64. The summed E-state index contributed by atoms with van der Waals surface area (Å²) in [7, 11) is 0. The lowest BCUT2D eigenvalue weighted by molar-refractivity contribution is -0.121. The molecule has 2 amide bonds. The monoisotopic (exact) mass is 481 g/mol. The number of carbonyl (C=O) groups excluding carboxylic acids is 2. The quantitative estimate of drug-likeness (QED) is 0.524. The zero-order valence-corrected chi connectivity index (χ0v) is 20.6. The molecule has 0 saturated carbocycles. The van der Waals surface area contributed by atoms with E-state index in [9.17, 15) is 9.59 Å². The minimum Gasteiger partial charge on any atom is -0.482 e. The van der Waals surface area contributed by atoms with E-state index in [4.69, 9.17) is 4.74 Å². The van der Waals surface area contributed by atoms with Gasteiger partial charge in [-0.1, -0.05) is 60.7 Å². The summed E-state index contributed by atoms with van der Waals surface area (Å²) in [5.74, 6) is 0.725. The number of anilines is 1. The van der Waals surface area contributed by atoms with Gasteiger partial charge in [-0.2, -0.15) is 0 Å². The van der Waals surface area contributed by atoms with E-state index >= 15 is 0 Å². The third kappa shape index (κ3) is 5.50. The van der Waals surface area contributed by atoms with Crippen LogP contribution in [-0.2, 0) is 11.3 Å². The van der Waals surface area contributed by atoms with Crippen molar-refractivity contribution in [3.05, 3.63) is 101 Å². The fourth-order valence-electron chi connectivity index (χ4n) is 4.64. The summed E-state index contributed by atoms with van der Waals surface area (Å²) in [4.78, 5) is 31.6. The number of ether oxygens (including phenoxy) is 1. The molecule has 36 heavy (non-hydrogen) atoms. The van der Waals surface area contributed by atoms with Gasteiger partial charge in [-0.05, 0) is 47.9 Å². The fraction of sp³-hybridized carbons (Fsp3) is 0.267. The highest BCUT2D eigenvalue weighted by Crippen LogP contribution is 2.33. The van der Waals surface area contributed by atoms with E-state index < -0.39 is 0 Å². The van der Waals surface area contributed by atoms with Gasteiger partial charge in [-0.3, -0.25) is 14.5 Å². The lowest BCUT2D eigenvalue weighted by Crippen LogP contribution is -2.48. The molecule has 6 heteroatoms. The Kier molecular flexibility index (Phi) is 7.14. The number of hydrogen-bond donors (Lipinski definition) is 0. The summed E-state index contributed by atoms with van der Waals surface area (Å²) in [5.41, 5.74) is 4.74. The van der Waals surface area contributed by atoms with Gasteiger partial charge in [-0.25, -0.2) is 0 Å². The van der Waals surface area contributed by atoms with Crippen molar-refractivity contribution < 1.29 is 14.3 Å². The van der Waals surface area contributed by atoms with Gasteiger partial charge < -0.3 is 14.5 Å². The van der Waals surface area contributed by atoms with Crippen LogP contribution < -0.4 is 9.64 Å². The van der Waals surface area contributed by atoms with Crippen LogP contribution in [0.1, 0.15) is 27.0 Å². The Morgan fingerprint density at radius 3 is 2.44 bits per heavy atom. The van der Waals surface area contributed by atoms with Crippen molar-refractivity contribution in [1.29, 1.82) is 0 Å². The summed E-state index contributed by atoms with van der Waals surface area (Å²) in [6.07, 6.45) is 4.33. The van der Waals surface area contributed by atoms with Crippen LogP contribution in [0.15, 0.2) is 78.9 Å². The number of nitrogens with zero attached hydrogens (tertiary/aromatic N) is 3. The van der Waals surface area contributed by atoms with Crippen LogP contribution in [0.25, 0.3) is 6.08 Å². The second-order valence-corrected chi connectivity index (χ2v) is 9.34. The third-order valence-corrected chi connectivity index (χ3v) is 6.73. The Bertz CT molecular complexity index is 1250. The molecule has 2 aliphatic heterocycles. The van der Waals surface area contributed by atoms with Gasteiger partial charge in [0.25, 0.3) is 11.8 Å². The number of rotatable bonds is 6. The van der Waals surface area contributed by atoms with E-state index in [-0.39, 0.29) is 18.4 Å². The van der Waals surface area contributed by atoms with Crippen molar-refractivity contribution in [2.75, 3.05) is 44.2 Å². The van der Waals surface area contributed by atoms with Crippen LogP contribution in [0.3, 0.4) is 0 Å². The van der Waals surface area contributed by atoms with Gasteiger partial charge in [0.1, 0.15) is 5.75 Å². The maximum atomic E-state index is 13.1. The standard InChI is InChI=1S/C30H31N3O3/c1-23-9-14-27-28(20-23)36-22-29(34)33(27)21-25-10-12-26(13-11-25)30(35)32-18-16-31(17-19-32)15-5-8-24-6-3-2-4-7-24/h2-14,20H,15-19,21-22H2,1H3/b8-5+. The highest BCUT2D eigenvalue weighted by Gasteiger charge is 2.26. The highest BCUT2D eigenvalue weighted by atomic mass is 16.5. The van der Waals surface area contributed by atoms with Crippen molar-refractivity contribution in [3.8, 4) is 5.75 Å². The molecule has 0 radical (unpaired) electrons. The van der Waals surface area contributed by atoms with E-state index in [1.54, 1.807) is 4.90 Å². The predicted octanol–water partition coefficient (Wildman–Crippen LogP) is 4.39. The molecule has 0 N–H and O–H groups in total. The summed E-state index contributed by atoms with van der Waals surface area (Å²) in [5, 5.41) is 0. The average Bonchev–Trinajstić information content (AvgIpc) is 2.91. The van der Waals surface area contributed by atoms with Gasteiger partial charge in [0.2, 0.25) is 0 Å². The number of amides is 2. The zero-order valence-electron chi connectivity index (χ0n) is 20.6. The third-order valence-electron chi connectivity index (χ3n) is 6.73. The molecule has 0 unspecified atom stereocenters. The summed E-state index contributed by atoms with van der Waals surface area (Å²) < 4.78 is 5.60. The normalized spacial score (nSPS) is 16.2. The van der Waals surface area contributed by atoms with Gasteiger partial charge in [0, 0.05) is 38.3 Å². The number of piperazine rings is 1. The maximum absolute atomic E-state index is 13.1. The highest BCUT2D eigenvalue weighted by molar-refractivity contribution is 5.98. The van der Waals surface area contributed by atoms with Crippen LogP contribution in [-0.4, -0.2) is 60.9 Å². The first-order valence-electron chi connectivity index (χ1n) is 12.4. The molecule has 0 spiro atoms. The van der Waals surface area contributed by atoms with Crippen molar-refractivity contribution in [2.45, 2.75) is 13.5 Å². The number of carbonyl (C=O) groups is 2. The molecule has 0 bridgehead atoms. The minimum atomic E-state index is -0.0667. The van der Waals surface area contributed by atoms with Gasteiger partial charge in [0.05, 0.1) is 12.2 Å². The summed E-state index contributed by atoms with van der Waals surface area (Å²) in [6.45, 7) is 6.54. The Morgan fingerprint density at radius 2 is 1.69 bits per heavy atom. The van der Waals surface area contributed by atoms with E-state index in [0.29, 0.717) is 12.1 Å². The van der Waals surface area contributed by atoms with E-state index in [0.717, 1.165) is 55.3 Å². The number of hydrogen-bond acceptors (Lipinski definition) is 4. The lowest BCUT2D eigenvalue weighted by Gasteiger charge is -2.34. The first kappa shape index (κ1) is 23.8. The Hall–Kier alpha value is -3.90. The van der Waals surface area contributed by atoms with Gasteiger partial charge in [-0.15, -0.1) is 0 Å². The molecule has 0 aliphatic carbocycles. The van der Waals surface area contributed by atoms with E-state index in [1.807, 2.05) is 72.5 Å². The molecule has 1 saturated heterocycles. The predicted molar refractivity (Wildman–Crippen MR) is 142 cm³/mol. The molecule has 3 aromatic rings. The second kappa shape index (κ2) is 10.8. The Balaban J connectivity index is 1.15. The molecule has 3 aromatic carbocycles. The molecule has 5 rings (SSSR count). The Morgan fingerprint density at radius 1 is 0.944 bits per heavy atom. The van der Waals surface area contributed by atoms with Crippen LogP contribution in [0.2, 0.25) is 0 Å². The van der Waals surface area contributed by atoms with Gasteiger partial charge >= 0.3 is 0 Å². The largest absolute Gasteiger partial charge is 0.482 e. The van der Waals surface area contributed by atoms with E-state index in [1.165, 1.54) is 5.56 Å². The summed E-state index contributed by atoms with van der Waals surface area (Å²) in [6, 6.07) is 23.8. The van der Waals surface area contributed by atoms with Crippen molar-refractivity contribution >= 4 is 23.6 Å². The molecular weight excluding hydrogens is 450 g/mol. The van der Waals surface area contributed by atoms with Crippen molar-refractivity contribution in [1.82, 2.24) is 9.80 Å². The minimum absolute atomic E-state index is 0.0427. The van der Waals surface area contributed by atoms with Crippen LogP contribution in [0.4, 0.5) is 5.69 Å². The summed E-state index contributed by atoms with van der Waals surface area (Å²) >= 11 is 0. The molecular formula is C30H31N3O3. The number of aryl methyl sites for hydroxylation is 1. The molecule has 2 aliphatic rings. The van der Waals surface area contributed by atoms with Crippen LogP contribution >= 0.6 is 0 Å². The SMILES string of the molecule is Cc1ccc2c(c1)OCC(=O)N2Cc1ccc(C(=O)N2CCN(C/C=C/c3ccccc3)CC2)cc1. The lowest BCUT2D eigenvalue weighted by atomic mass is 10.1. The van der Waals surface area contributed by atoms with Crippen LogP contribution in [0, 0.1) is 6.92 Å². The molecule has 0 aromatic heterocycles. The number of fused-ring (bicyclic) bond motifs is 1. The van der Waals surface area contributed by atoms with Crippen molar-refractivity contribution in [3.63, 3.8) is 0 Å². The molecule has 2 heterocycles. The zero-order chi connectivity index (χ0) is 24.9.